The van der Waals surface area contributed by atoms with Gasteiger partial charge in [-0.3, -0.25) is 9.59 Å². The SMILES string of the molecule is CCCN1CC(=O)N(CC(C#N)c2ccccc2)CC1=O. The van der Waals surface area contributed by atoms with Crippen molar-refractivity contribution in [3.8, 4) is 6.07 Å². The van der Waals surface area contributed by atoms with Gasteiger partial charge in [-0.2, -0.15) is 5.26 Å². The largest absolute Gasteiger partial charge is 0.332 e. The van der Waals surface area contributed by atoms with E-state index in [-0.39, 0.29) is 31.4 Å². The van der Waals surface area contributed by atoms with E-state index in [9.17, 15) is 14.9 Å². The Kier molecular flexibility index (Phi) is 4.94. The Bertz CT molecular complexity index is 550. The first-order valence-electron chi connectivity index (χ1n) is 7.15. The topological polar surface area (TPSA) is 64.4 Å². The summed E-state index contributed by atoms with van der Waals surface area (Å²) < 4.78 is 0. The molecule has 0 aliphatic carbocycles. The Hall–Kier alpha value is -2.35. The van der Waals surface area contributed by atoms with Gasteiger partial charge in [0.25, 0.3) is 0 Å². The van der Waals surface area contributed by atoms with Crippen LogP contribution in [0.15, 0.2) is 30.3 Å². The van der Waals surface area contributed by atoms with Gasteiger partial charge < -0.3 is 9.80 Å². The molecule has 1 aliphatic rings. The van der Waals surface area contributed by atoms with Crippen molar-refractivity contribution in [2.75, 3.05) is 26.2 Å². The first-order valence-corrected chi connectivity index (χ1v) is 7.15. The van der Waals surface area contributed by atoms with Crippen molar-refractivity contribution in [1.29, 1.82) is 5.26 Å². The fourth-order valence-corrected chi connectivity index (χ4v) is 2.47. The number of amides is 2. The lowest BCUT2D eigenvalue weighted by Gasteiger charge is -2.34. The zero-order valence-electron chi connectivity index (χ0n) is 12.2. The third-order valence-electron chi connectivity index (χ3n) is 3.61. The second-order valence-corrected chi connectivity index (χ2v) is 5.18. The Morgan fingerprint density at radius 2 is 1.76 bits per heavy atom. The van der Waals surface area contributed by atoms with Crippen LogP contribution in [0.5, 0.6) is 0 Å². The molecular formula is C16H19N3O2. The monoisotopic (exact) mass is 285 g/mol. The molecule has 1 fully saturated rings. The molecule has 0 bridgehead atoms. The first-order chi connectivity index (χ1) is 10.2. The highest BCUT2D eigenvalue weighted by Gasteiger charge is 2.30. The van der Waals surface area contributed by atoms with Crippen LogP contribution in [0.1, 0.15) is 24.8 Å². The van der Waals surface area contributed by atoms with E-state index in [0.29, 0.717) is 6.54 Å². The van der Waals surface area contributed by atoms with Crippen molar-refractivity contribution < 1.29 is 9.59 Å². The van der Waals surface area contributed by atoms with E-state index in [1.165, 1.54) is 4.90 Å². The van der Waals surface area contributed by atoms with E-state index in [1.54, 1.807) is 4.90 Å². The van der Waals surface area contributed by atoms with E-state index in [4.69, 9.17) is 0 Å². The van der Waals surface area contributed by atoms with Gasteiger partial charge in [-0.05, 0) is 12.0 Å². The molecule has 21 heavy (non-hydrogen) atoms. The first kappa shape index (κ1) is 15.0. The molecule has 1 aromatic carbocycles. The molecule has 5 nitrogen and oxygen atoms in total. The van der Waals surface area contributed by atoms with Gasteiger partial charge >= 0.3 is 0 Å². The fraction of sp³-hybridized carbons (Fsp3) is 0.438. The molecule has 0 saturated carbocycles. The normalized spacial score (nSPS) is 16.8. The quantitative estimate of drug-likeness (QED) is 0.821. The summed E-state index contributed by atoms with van der Waals surface area (Å²) in [6.45, 7) is 3.05. The van der Waals surface area contributed by atoms with Crippen LogP contribution in [0, 0.1) is 11.3 Å². The number of piperazine rings is 1. The van der Waals surface area contributed by atoms with Gasteiger partial charge in [0.2, 0.25) is 11.8 Å². The number of hydrogen-bond acceptors (Lipinski definition) is 3. The molecule has 0 N–H and O–H groups in total. The van der Waals surface area contributed by atoms with Crippen molar-refractivity contribution in [3.05, 3.63) is 35.9 Å². The Morgan fingerprint density at radius 3 is 2.38 bits per heavy atom. The summed E-state index contributed by atoms with van der Waals surface area (Å²) in [5, 5.41) is 9.32. The van der Waals surface area contributed by atoms with Gasteiger partial charge in [-0.15, -0.1) is 0 Å². The third-order valence-corrected chi connectivity index (χ3v) is 3.61. The van der Waals surface area contributed by atoms with Gasteiger partial charge in [0.1, 0.15) is 0 Å². The molecule has 0 radical (unpaired) electrons. The second kappa shape index (κ2) is 6.89. The van der Waals surface area contributed by atoms with Crippen LogP contribution < -0.4 is 0 Å². The summed E-state index contributed by atoms with van der Waals surface area (Å²) in [6, 6.07) is 11.6. The summed E-state index contributed by atoms with van der Waals surface area (Å²) in [5.41, 5.74) is 0.872. The molecule has 0 spiro atoms. The Morgan fingerprint density at radius 1 is 1.14 bits per heavy atom. The van der Waals surface area contributed by atoms with E-state index in [1.807, 2.05) is 37.3 Å². The van der Waals surface area contributed by atoms with E-state index in [0.717, 1.165) is 12.0 Å². The lowest BCUT2D eigenvalue weighted by Crippen LogP contribution is -2.54. The third kappa shape index (κ3) is 3.60. The predicted octanol–water partition coefficient (Wildman–Crippen LogP) is 1.37. The maximum Gasteiger partial charge on any atom is 0.242 e. The maximum atomic E-state index is 12.1. The smallest absolute Gasteiger partial charge is 0.242 e. The molecule has 110 valence electrons. The molecule has 2 amide bonds. The molecule has 1 aliphatic heterocycles. The minimum absolute atomic E-state index is 0.0406. The van der Waals surface area contributed by atoms with E-state index in [2.05, 4.69) is 6.07 Å². The molecule has 2 rings (SSSR count). The van der Waals surface area contributed by atoms with Gasteiger partial charge in [0.05, 0.1) is 25.1 Å². The maximum absolute atomic E-state index is 12.1. The van der Waals surface area contributed by atoms with E-state index >= 15 is 0 Å². The highest BCUT2D eigenvalue weighted by Crippen LogP contribution is 2.18. The lowest BCUT2D eigenvalue weighted by atomic mass is 10.00. The summed E-state index contributed by atoms with van der Waals surface area (Å²) in [5.74, 6) is -0.527. The van der Waals surface area contributed by atoms with Crippen molar-refractivity contribution in [1.82, 2.24) is 9.80 Å². The molecule has 1 atom stereocenters. The second-order valence-electron chi connectivity index (χ2n) is 5.18. The summed E-state index contributed by atoms with van der Waals surface area (Å²) in [7, 11) is 0. The number of hydrogen-bond donors (Lipinski definition) is 0. The van der Waals surface area contributed by atoms with Gasteiger partial charge in [0.15, 0.2) is 0 Å². The molecule has 1 saturated heterocycles. The number of benzene rings is 1. The van der Waals surface area contributed by atoms with Crippen LogP contribution in [-0.4, -0.2) is 47.8 Å². The Balaban J connectivity index is 2.04. The summed E-state index contributed by atoms with van der Waals surface area (Å²) in [4.78, 5) is 27.2. The van der Waals surface area contributed by atoms with Crippen LogP contribution in [-0.2, 0) is 9.59 Å². The molecular weight excluding hydrogens is 266 g/mol. The molecule has 5 heteroatoms. The van der Waals surface area contributed by atoms with Crippen LogP contribution in [0.25, 0.3) is 0 Å². The standard InChI is InChI=1S/C16H19N3O2/c1-2-8-18-11-16(21)19(12-15(18)20)10-14(9-17)13-6-4-3-5-7-13/h3-7,14H,2,8,10-12H2,1H3. The summed E-state index contributed by atoms with van der Waals surface area (Å²) in [6.07, 6.45) is 0.837. The minimum atomic E-state index is -0.402. The molecule has 1 unspecified atom stereocenters. The number of nitriles is 1. The predicted molar refractivity (Wildman–Crippen MR) is 78.2 cm³/mol. The number of rotatable bonds is 5. The summed E-state index contributed by atoms with van der Waals surface area (Å²) >= 11 is 0. The minimum Gasteiger partial charge on any atom is -0.332 e. The van der Waals surface area contributed by atoms with Crippen molar-refractivity contribution in [3.63, 3.8) is 0 Å². The molecule has 0 aromatic heterocycles. The highest BCUT2D eigenvalue weighted by molar-refractivity contribution is 5.92. The van der Waals surface area contributed by atoms with Crippen molar-refractivity contribution in [2.45, 2.75) is 19.3 Å². The zero-order valence-corrected chi connectivity index (χ0v) is 12.2. The van der Waals surface area contributed by atoms with Gasteiger partial charge in [0, 0.05) is 13.1 Å². The van der Waals surface area contributed by atoms with Crippen molar-refractivity contribution >= 4 is 11.8 Å². The highest BCUT2D eigenvalue weighted by atomic mass is 16.2. The van der Waals surface area contributed by atoms with Crippen LogP contribution in [0.4, 0.5) is 0 Å². The van der Waals surface area contributed by atoms with E-state index < -0.39 is 5.92 Å². The van der Waals surface area contributed by atoms with Crippen LogP contribution in [0.3, 0.4) is 0 Å². The molecule has 1 heterocycles. The molecule has 1 aromatic rings. The Labute approximate surface area is 124 Å². The van der Waals surface area contributed by atoms with Gasteiger partial charge in [-0.1, -0.05) is 37.3 Å². The van der Waals surface area contributed by atoms with Gasteiger partial charge in [-0.25, -0.2) is 0 Å². The fourth-order valence-electron chi connectivity index (χ4n) is 2.47. The zero-order chi connectivity index (χ0) is 15.2. The van der Waals surface area contributed by atoms with Crippen LogP contribution >= 0.6 is 0 Å². The average Bonchev–Trinajstić information content (AvgIpc) is 2.50. The number of carbonyl (C=O) groups excluding carboxylic acids is 2. The number of carbonyl (C=O) groups is 2. The number of nitrogens with zero attached hydrogens (tertiary/aromatic N) is 3. The van der Waals surface area contributed by atoms with Crippen LogP contribution in [0.2, 0.25) is 0 Å². The van der Waals surface area contributed by atoms with Crippen molar-refractivity contribution in [2.24, 2.45) is 0 Å². The lowest BCUT2D eigenvalue weighted by molar-refractivity contribution is -0.150. The average molecular weight is 285 g/mol.